The van der Waals surface area contributed by atoms with E-state index in [1.165, 1.54) is 7.11 Å². The molecule has 8 heteroatoms. The van der Waals surface area contributed by atoms with Crippen molar-refractivity contribution >= 4 is 40.7 Å². The minimum absolute atomic E-state index is 0.0358. The maximum atomic E-state index is 12.3. The Bertz CT molecular complexity index is 693. The first kappa shape index (κ1) is 19.0. The quantitative estimate of drug-likeness (QED) is 0.802. The summed E-state index contributed by atoms with van der Waals surface area (Å²) in [5.74, 6) is 0.577. The highest BCUT2D eigenvalue weighted by molar-refractivity contribution is 7.80. The van der Waals surface area contributed by atoms with E-state index in [1.54, 1.807) is 24.9 Å². The maximum absolute atomic E-state index is 12.3. The van der Waals surface area contributed by atoms with E-state index >= 15 is 0 Å². The van der Waals surface area contributed by atoms with Crippen LogP contribution in [0, 0.1) is 5.92 Å². The first-order chi connectivity index (χ1) is 11.9. The third-order valence-electron chi connectivity index (χ3n) is 4.10. The van der Waals surface area contributed by atoms with Gasteiger partial charge in [0, 0.05) is 19.0 Å². The van der Waals surface area contributed by atoms with Gasteiger partial charge >= 0.3 is 6.09 Å². The van der Waals surface area contributed by atoms with Crippen LogP contribution in [-0.4, -0.2) is 37.9 Å². The van der Waals surface area contributed by atoms with Crippen LogP contribution in [0.15, 0.2) is 12.1 Å². The number of nitrogens with one attached hydrogen (secondary N) is 2. The van der Waals surface area contributed by atoms with Crippen molar-refractivity contribution in [2.75, 3.05) is 31.0 Å². The van der Waals surface area contributed by atoms with Crippen LogP contribution in [0.3, 0.4) is 0 Å². The van der Waals surface area contributed by atoms with E-state index in [9.17, 15) is 9.59 Å². The second-order valence-electron chi connectivity index (χ2n) is 5.82. The Morgan fingerprint density at radius 3 is 2.80 bits per heavy atom. The summed E-state index contributed by atoms with van der Waals surface area (Å²) < 4.78 is 10.2. The van der Waals surface area contributed by atoms with Crippen LogP contribution in [0.25, 0.3) is 0 Å². The van der Waals surface area contributed by atoms with Crippen molar-refractivity contribution in [2.45, 2.75) is 26.7 Å². The molecule has 0 saturated heterocycles. The van der Waals surface area contributed by atoms with Gasteiger partial charge in [0.15, 0.2) is 5.11 Å². The summed E-state index contributed by atoms with van der Waals surface area (Å²) in [5.41, 5.74) is 2.46. The van der Waals surface area contributed by atoms with Gasteiger partial charge in [-0.05, 0) is 43.6 Å². The first-order valence-electron chi connectivity index (χ1n) is 8.10. The zero-order valence-electron chi connectivity index (χ0n) is 14.8. The Hall–Kier alpha value is -2.35. The average molecular weight is 365 g/mol. The molecule has 0 aromatic heterocycles. The summed E-state index contributed by atoms with van der Waals surface area (Å²) in [6.07, 6.45) is 0.921. The van der Waals surface area contributed by atoms with E-state index in [1.807, 2.05) is 13.0 Å². The van der Waals surface area contributed by atoms with Gasteiger partial charge in [0.05, 0.1) is 25.1 Å². The number of fused-ring (bicyclic) bond motifs is 1. The molecule has 2 amide bonds. The van der Waals surface area contributed by atoms with Gasteiger partial charge in [0.1, 0.15) is 5.75 Å². The highest BCUT2D eigenvalue weighted by Crippen LogP contribution is 2.36. The van der Waals surface area contributed by atoms with Gasteiger partial charge < -0.3 is 19.7 Å². The van der Waals surface area contributed by atoms with Gasteiger partial charge in [-0.15, -0.1) is 0 Å². The molecule has 1 atom stereocenters. The molecule has 1 unspecified atom stereocenters. The van der Waals surface area contributed by atoms with Crippen molar-refractivity contribution in [2.24, 2.45) is 5.92 Å². The summed E-state index contributed by atoms with van der Waals surface area (Å²) in [6, 6.07) is 3.70. The molecule has 0 aliphatic carbocycles. The number of benzene rings is 1. The fourth-order valence-corrected chi connectivity index (χ4v) is 2.94. The number of methoxy groups -OCH3 is 1. The first-order valence-corrected chi connectivity index (χ1v) is 8.51. The number of thiocarbonyl (C=S) groups is 1. The molecule has 2 rings (SSSR count). The lowest BCUT2D eigenvalue weighted by atomic mass is 10.0. The molecule has 0 radical (unpaired) electrons. The third kappa shape index (κ3) is 4.39. The van der Waals surface area contributed by atoms with Crippen LogP contribution in [-0.2, 0) is 16.0 Å². The molecule has 0 bridgehead atoms. The maximum Gasteiger partial charge on any atom is 0.413 e. The monoisotopic (exact) mass is 365 g/mol. The standard InChI is InChI=1S/C17H23N3O4S/c1-5-24-17(22)19-16(25)18-12-8-11-7-6-10(2)15(21)20(3)13(11)9-14(12)23-4/h8-10H,5-7H2,1-4H3,(H2,18,19,22,25). The van der Waals surface area contributed by atoms with Gasteiger partial charge in [-0.1, -0.05) is 6.92 Å². The predicted octanol–water partition coefficient (Wildman–Crippen LogP) is 2.68. The Balaban J connectivity index is 2.27. The second kappa shape index (κ2) is 8.15. The lowest BCUT2D eigenvalue weighted by Crippen LogP contribution is -2.34. The minimum Gasteiger partial charge on any atom is -0.494 e. The lowest BCUT2D eigenvalue weighted by molar-refractivity contribution is -0.121. The zero-order chi connectivity index (χ0) is 18.6. The van der Waals surface area contributed by atoms with Gasteiger partial charge in [-0.3, -0.25) is 10.1 Å². The van der Waals surface area contributed by atoms with Crippen molar-refractivity contribution in [1.82, 2.24) is 5.32 Å². The van der Waals surface area contributed by atoms with E-state index in [-0.39, 0.29) is 23.5 Å². The second-order valence-corrected chi connectivity index (χ2v) is 6.23. The number of ether oxygens (including phenoxy) is 2. The van der Waals surface area contributed by atoms with Gasteiger partial charge in [-0.2, -0.15) is 0 Å². The van der Waals surface area contributed by atoms with Crippen molar-refractivity contribution < 1.29 is 19.1 Å². The Kier molecular flexibility index (Phi) is 6.19. The van der Waals surface area contributed by atoms with Crippen LogP contribution in [0.5, 0.6) is 5.75 Å². The number of rotatable bonds is 3. The number of nitrogens with zero attached hydrogens (tertiary/aromatic N) is 1. The molecular formula is C17H23N3O4S. The number of carbonyl (C=O) groups excluding carboxylic acids is 2. The number of amides is 2. The Morgan fingerprint density at radius 2 is 2.16 bits per heavy atom. The van der Waals surface area contributed by atoms with Crippen LogP contribution >= 0.6 is 12.2 Å². The zero-order valence-corrected chi connectivity index (χ0v) is 15.7. The highest BCUT2D eigenvalue weighted by Gasteiger charge is 2.26. The number of alkyl carbamates (subject to hydrolysis) is 1. The number of carbonyl (C=O) groups is 2. The fraction of sp³-hybridized carbons (Fsp3) is 0.471. The molecule has 2 N–H and O–H groups in total. The van der Waals surface area contributed by atoms with E-state index in [0.717, 1.165) is 24.1 Å². The van der Waals surface area contributed by atoms with E-state index < -0.39 is 6.09 Å². The van der Waals surface area contributed by atoms with Crippen molar-refractivity contribution in [3.8, 4) is 5.75 Å². The van der Waals surface area contributed by atoms with Crippen molar-refractivity contribution in [3.05, 3.63) is 17.7 Å². The smallest absolute Gasteiger partial charge is 0.413 e. The largest absolute Gasteiger partial charge is 0.494 e. The van der Waals surface area contributed by atoms with Crippen molar-refractivity contribution in [3.63, 3.8) is 0 Å². The van der Waals surface area contributed by atoms with E-state index in [4.69, 9.17) is 21.7 Å². The van der Waals surface area contributed by atoms with E-state index in [0.29, 0.717) is 11.4 Å². The summed E-state index contributed by atoms with van der Waals surface area (Å²) in [5, 5.41) is 5.50. The molecule has 1 heterocycles. The fourth-order valence-electron chi connectivity index (χ4n) is 2.75. The Morgan fingerprint density at radius 1 is 1.44 bits per heavy atom. The molecule has 0 spiro atoms. The normalized spacial score (nSPS) is 16.6. The van der Waals surface area contributed by atoms with Gasteiger partial charge in [0.25, 0.3) is 0 Å². The molecule has 0 saturated carbocycles. The Labute approximate surface area is 152 Å². The van der Waals surface area contributed by atoms with Crippen LogP contribution < -0.4 is 20.3 Å². The molecule has 0 fully saturated rings. The summed E-state index contributed by atoms with van der Waals surface area (Å²) in [7, 11) is 3.30. The van der Waals surface area contributed by atoms with Crippen LogP contribution in [0.1, 0.15) is 25.8 Å². The van der Waals surface area contributed by atoms with Crippen LogP contribution in [0.4, 0.5) is 16.2 Å². The number of hydrogen-bond donors (Lipinski definition) is 2. The van der Waals surface area contributed by atoms with E-state index in [2.05, 4.69) is 10.6 Å². The number of anilines is 2. The lowest BCUT2D eigenvalue weighted by Gasteiger charge is -2.22. The van der Waals surface area contributed by atoms with Crippen molar-refractivity contribution in [1.29, 1.82) is 0 Å². The third-order valence-corrected chi connectivity index (χ3v) is 4.30. The molecule has 7 nitrogen and oxygen atoms in total. The van der Waals surface area contributed by atoms with Crippen LogP contribution in [0.2, 0.25) is 0 Å². The van der Waals surface area contributed by atoms with Gasteiger partial charge in [-0.25, -0.2) is 4.79 Å². The molecule has 136 valence electrons. The predicted molar refractivity (Wildman–Crippen MR) is 100 cm³/mol. The molecule has 25 heavy (non-hydrogen) atoms. The summed E-state index contributed by atoms with van der Waals surface area (Å²) in [6.45, 7) is 3.90. The minimum atomic E-state index is -0.618. The van der Waals surface area contributed by atoms with Gasteiger partial charge in [0.2, 0.25) is 5.91 Å². The number of hydrogen-bond acceptors (Lipinski definition) is 5. The molecule has 1 aromatic rings. The average Bonchev–Trinajstić information content (AvgIpc) is 2.67. The molecule has 1 aliphatic heterocycles. The summed E-state index contributed by atoms with van der Waals surface area (Å²) in [4.78, 5) is 25.5. The highest BCUT2D eigenvalue weighted by atomic mass is 32.1. The molecular weight excluding hydrogens is 342 g/mol. The topological polar surface area (TPSA) is 79.9 Å². The molecule has 1 aromatic carbocycles. The summed E-state index contributed by atoms with van der Waals surface area (Å²) >= 11 is 5.13. The molecule has 1 aliphatic rings. The number of aryl methyl sites for hydroxylation is 1. The SMILES string of the molecule is CCOC(=O)NC(=S)Nc1cc2c(cc1OC)N(C)C(=O)C(C)CC2.